The lowest BCUT2D eigenvalue weighted by atomic mass is 10.4. The van der Waals surface area contributed by atoms with Crippen molar-refractivity contribution in [3.05, 3.63) is 0 Å². The van der Waals surface area contributed by atoms with Crippen molar-refractivity contribution in [2.24, 2.45) is 0 Å². The van der Waals surface area contributed by atoms with Crippen molar-refractivity contribution >= 4 is 5.91 Å². The van der Waals surface area contributed by atoms with Crippen LogP contribution in [-0.4, -0.2) is 36.1 Å². The van der Waals surface area contributed by atoms with Gasteiger partial charge in [-0.05, 0) is 12.8 Å². The van der Waals surface area contributed by atoms with Crippen LogP contribution in [0, 0.1) is 0 Å². The maximum absolute atomic E-state index is 11.2. The SMILES string of the molecule is CCC(=O)N(C)N1CCCC1. The Morgan fingerprint density at radius 3 is 2.45 bits per heavy atom. The minimum Gasteiger partial charge on any atom is -0.279 e. The van der Waals surface area contributed by atoms with Crippen LogP contribution in [0.4, 0.5) is 0 Å². The molecular weight excluding hydrogens is 140 g/mol. The minimum atomic E-state index is 0.215. The van der Waals surface area contributed by atoms with Crippen LogP contribution in [-0.2, 0) is 4.79 Å². The van der Waals surface area contributed by atoms with Gasteiger partial charge in [-0.2, -0.15) is 0 Å². The molecule has 1 aliphatic rings. The summed E-state index contributed by atoms with van der Waals surface area (Å²) >= 11 is 0. The van der Waals surface area contributed by atoms with Gasteiger partial charge in [0.1, 0.15) is 0 Å². The highest BCUT2D eigenvalue weighted by Gasteiger charge is 2.18. The van der Waals surface area contributed by atoms with Gasteiger partial charge in [0.25, 0.3) is 0 Å². The lowest BCUT2D eigenvalue weighted by Gasteiger charge is -2.27. The molecule has 64 valence electrons. The molecule has 1 aliphatic heterocycles. The first-order valence-electron chi connectivity index (χ1n) is 4.27. The highest BCUT2D eigenvalue weighted by molar-refractivity contribution is 5.74. The molecule has 0 atom stereocenters. The van der Waals surface area contributed by atoms with E-state index in [4.69, 9.17) is 0 Å². The van der Waals surface area contributed by atoms with Gasteiger partial charge in [0.05, 0.1) is 0 Å². The Morgan fingerprint density at radius 2 is 2.00 bits per heavy atom. The maximum atomic E-state index is 11.2. The molecular formula is C8H16N2O. The first kappa shape index (κ1) is 8.53. The zero-order valence-electron chi connectivity index (χ0n) is 7.34. The molecule has 1 amide bonds. The van der Waals surface area contributed by atoms with Gasteiger partial charge in [0.15, 0.2) is 0 Å². The third kappa shape index (κ3) is 1.93. The van der Waals surface area contributed by atoms with E-state index in [2.05, 4.69) is 5.01 Å². The van der Waals surface area contributed by atoms with E-state index >= 15 is 0 Å². The summed E-state index contributed by atoms with van der Waals surface area (Å²) in [4.78, 5) is 11.2. The Morgan fingerprint density at radius 1 is 1.45 bits per heavy atom. The van der Waals surface area contributed by atoms with Crippen LogP contribution in [0.3, 0.4) is 0 Å². The van der Waals surface area contributed by atoms with E-state index in [1.807, 2.05) is 14.0 Å². The van der Waals surface area contributed by atoms with E-state index in [-0.39, 0.29) is 5.91 Å². The predicted octanol–water partition coefficient (Wildman–Crippen LogP) is 0.866. The molecule has 11 heavy (non-hydrogen) atoms. The lowest BCUT2D eigenvalue weighted by Crippen LogP contribution is -2.41. The van der Waals surface area contributed by atoms with Crippen molar-refractivity contribution < 1.29 is 4.79 Å². The van der Waals surface area contributed by atoms with Gasteiger partial charge in [0.2, 0.25) is 5.91 Å². The summed E-state index contributed by atoms with van der Waals surface area (Å²) in [6.45, 7) is 3.99. The molecule has 0 aliphatic carbocycles. The Balaban J connectivity index is 2.39. The van der Waals surface area contributed by atoms with Gasteiger partial charge in [-0.3, -0.25) is 9.80 Å². The third-order valence-electron chi connectivity index (χ3n) is 2.17. The van der Waals surface area contributed by atoms with E-state index in [0.717, 1.165) is 13.1 Å². The van der Waals surface area contributed by atoms with E-state index in [0.29, 0.717) is 6.42 Å². The Bertz CT molecular complexity index is 141. The molecule has 0 bridgehead atoms. The third-order valence-corrected chi connectivity index (χ3v) is 2.17. The van der Waals surface area contributed by atoms with E-state index < -0.39 is 0 Å². The van der Waals surface area contributed by atoms with Gasteiger partial charge >= 0.3 is 0 Å². The van der Waals surface area contributed by atoms with Crippen molar-refractivity contribution in [3.63, 3.8) is 0 Å². The van der Waals surface area contributed by atoms with Crippen molar-refractivity contribution in [1.29, 1.82) is 0 Å². The number of carbonyl (C=O) groups excluding carboxylic acids is 1. The molecule has 1 saturated heterocycles. The number of nitrogens with zero attached hydrogens (tertiary/aromatic N) is 2. The summed E-state index contributed by atoms with van der Waals surface area (Å²) in [5.74, 6) is 0.215. The van der Waals surface area contributed by atoms with E-state index in [1.165, 1.54) is 12.8 Å². The standard InChI is InChI=1S/C8H16N2O/c1-3-8(11)9(2)10-6-4-5-7-10/h3-7H2,1-2H3. The van der Waals surface area contributed by atoms with Gasteiger partial charge < -0.3 is 0 Å². The van der Waals surface area contributed by atoms with Gasteiger partial charge in [-0.25, -0.2) is 5.01 Å². The van der Waals surface area contributed by atoms with Crippen LogP contribution in [0.2, 0.25) is 0 Å². The first-order chi connectivity index (χ1) is 5.25. The predicted molar refractivity (Wildman–Crippen MR) is 43.9 cm³/mol. The molecule has 1 heterocycles. The van der Waals surface area contributed by atoms with Crippen molar-refractivity contribution in [3.8, 4) is 0 Å². The highest BCUT2D eigenvalue weighted by atomic mass is 16.2. The Labute approximate surface area is 67.9 Å². The second-order valence-corrected chi connectivity index (χ2v) is 2.93. The zero-order valence-corrected chi connectivity index (χ0v) is 7.34. The van der Waals surface area contributed by atoms with Crippen molar-refractivity contribution in [1.82, 2.24) is 10.0 Å². The molecule has 3 heteroatoms. The summed E-state index contributed by atoms with van der Waals surface area (Å²) in [5.41, 5.74) is 0. The lowest BCUT2D eigenvalue weighted by molar-refractivity contribution is -0.143. The monoisotopic (exact) mass is 156 g/mol. The quantitative estimate of drug-likeness (QED) is 0.592. The van der Waals surface area contributed by atoms with Gasteiger partial charge in [-0.15, -0.1) is 0 Å². The van der Waals surface area contributed by atoms with Crippen molar-refractivity contribution in [2.75, 3.05) is 20.1 Å². The fraction of sp³-hybridized carbons (Fsp3) is 0.875. The molecule has 0 unspecified atom stereocenters. The van der Waals surface area contributed by atoms with E-state index in [1.54, 1.807) is 5.01 Å². The molecule has 3 nitrogen and oxygen atoms in total. The minimum absolute atomic E-state index is 0.215. The molecule has 1 rings (SSSR count). The molecule has 0 spiro atoms. The zero-order chi connectivity index (χ0) is 8.27. The number of hydrazine groups is 1. The topological polar surface area (TPSA) is 23.6 Å². The fourth-order valence-electron chi connectivity index (χ4n) is 1.39. The summed E-state index contributed by atoms with van der Waals surface area (Å²) in [6, 6.07) is 0. The van der Waals surface area contributed by atoms with Crippen LogP contribution in [0.5, 0.6) is 0 Å². The number of hydrogen-bond donors (Lipinski definition) is 0. The Hall–Kier alpha value is -0.570. The normalized spacial score (nSPS) is 18.7. The van der Waals surface area contributed by atoms with Crippen LogP contribution >= 0.6 is 0 Å². The summed E-state index contributed by atoms with van der Waals surface area (Å²) in [5, 5.41) is 3.87. The van der Waals surface area contributed by atoms with Crippen LogP contribution in [0.1, 0.15) is 26.2 Å². The molecule has 0 radical (unpaired) electrons. The van der Waals surface area contributed by atoms with Crippen molar-refractivity contribution in [2.45, 2.75) is 26.2 Å². The fourth-order valence-corrected chi connectivity index (χ4v) is 1.39. The highest BCUT2D eigenvalue weighted by Crippen LogP contribution is 2.09. The summed E-state index contributed by atoms with van der Waals surface area (Å²) in [7, 11) is 1.86. The largest absolute Gasteiger partial charge is 0.279 e. The van der Waals surface area contributed by atoms with Crippen LogP contribution < -0.4 is 0 Å². The number of carbonyl (C=O) groups is 1. The molecule has 0 aromatic rings. The first-order valence-corrected chi connectivity index (χ1v) is 4.27. The number of rotatable bonds is 2. The molecule has 0 aromatic carbocycles. The maximum Gasteiger partial charge on any atom is 0.236 e. The second kappa shape index (κ2) is 3.72. The molecule has 0 N–H and O–H groups in total. The smallest absolute Gasteiger partial charge is 0.236 e. The van der Waals surface area contributed by atoms with Crippen LogP contribution in [0.15, 0.2) is 0 Å². The average Bonchev–Trinajstić information content (AvgIpc) is 2.53. The number of amides is 1. The van der Waals surface area contributed by atoms with E-state index in [9.17, 15) is 4.79 Å². The second-order valence-electron chi connectivity index (χ2n) is 2.93. The number of hydrogen-bond acceptors (Lipinski definition) is 2. The van der Waals surface area contributed by atoms with Crippen LogP contribution in [0.25, 0.3) is 0 Å². The summed E-state index contributed by atoms with van der Waals surface area (Å²) in [6.07, 6.45) is 3.05. The molecule has 0 aromatic heterocycles. The molecule has 1 fully saturated rings. The average molecular weight is 156 g/mol. The van der Waals surface area contributed by atoms with Gasteiger partial charge in [-0.1, -0.05) is 6.92 Å². The van der Waals surface area contributed by atoms with Gasteiger partial charge in [0, 0.05) is 26.6 Å². The summed E-state index contributed by atoms with van der Waals surface area (Å²) < 4.78 is 0. The molecule has 0 saturated carbocycles. The Kier molecular flexibility index (Phi) is 2.88.